The number of amides is 1. The molecule has 0 radical (unpaired) electrons. The minimum atomic E-state index is -0.241. The molecule has 0 saturated heterocycles. The van der Waals surface area contributed by atoms with Crippen molar-refractivity contribution >= 4 is 17.8 Å². The van der Waals surface area contributed by atoms with Crippen molar-refractivity contribution in [2.24, 2.45) is 0 Å². The molecule has 1 heterocycles. The highest BCUT2D eigenvalue weighted by Crippen LogP contribution is 2.28. The Bertz CT molecular complexity index is 694. The number of nitrogens with zero attached hydrogens (tertiary/aromatic N) is 1. The van der Waals surface area contributed by atoms with E-state index in [9.17, 15) is 4.79 Å². The standard InChI is InChI=1S/C18H20N2O3/c1-4-23-16-11-14(6-8-15(16)22-3)7-10-18(21)20-17-9-5-13(2)12-19-17/h5-12H,4H2,1-3H3,(H,19,20,21)/b10-7+. The summed E-state index contributed by atoms with van der Waals surface area (Å²) in [6, 6.07) is 9.15. The lowest BCUT2D eigenvalue weighted by molar-refractivity contribution is -0.111. The molecule has 0 saturated carbocycles. The average Bonchev–Trinajstić information content (AvgIpc) is 2.56. The first-order chi connectivity index (χ1) is 11.1. The summed E-state index contributed by atoms with van der Waals surface area (Å²) in [5.74, 6) is 1.60. The smallest absolute Gasteiger partial charge is 0.249 e. The summed E-state index contributed by atoms with van der Waals surface area (Å²) in [7, 11) is 1.59. The van der Waals surface area contributed by atoms with Crippen LogP contribution in [0.5, 0.6) is 11.5 Å². The van der Waals surface area contributed by atoms with Crippen LogP contribution in [0.25, 0.3) is 6.08 Å². The fourth-order valence-electron chi connectivity index (χ4n) is 1.95. The van der Waals surface area contributed by atoms with E-state index >= 15 is 0 Å². The highest BCUT2D eigenvalue weighted by Gasteiger charge is 2.04. The van der Waals surface area contributed by atoms with Gasteiger partial charge in [0.25, 0.3) is 0 Å². The number of nitrogens with one attached hydrogen (secondary N) is 1. The predicted molar refractivity (Wildman–Crippen MR) is 90.8 cm³/mol. The molecule has 0 aliphatic rings. The van der Waals surface area contributed by atoms with Crippen molar-refractivity contribution in [3.63, 3.8) is 0 Å². The van der Waals surface area contributed by atoms with E-state index in [4.69, 9.17) is 9.47 Å². The summed E-state index contributed by atoms with van der Waals surface area (Å²) in [5.41, 5.74) is 1.89. The van der Waals surface area contributed by atoms with Crippen molar-refractivity contribution in [1.29, 1.82) is 0 Å². The van der Waals surface area contributed by atoms with Gasteiger partial charge in [-0.1, -0.05) is 12.1 Å². The Morgan fingerprint density at radius 1 is 1.26 bits per heavy atom. The molecule has 23 heavy (non-hydrogen) atoms. The van der Waals surface area contributed by atoms with Crippen molar-refractivity contribution in [3.8, 4) is 11.5 Å². The number of benzene rings is 1. The first-order valence-corrected chi connectivity index (χ1v) is 7.35. The van der Waals surface area contributed by atoms with Gasteiger partial charge in [0.05, 0.1) is 13.7 Å². The average molecular weight is 312 g/mol. The largest absolute Gasteiger partial charge is 0.493 e. The molecule has 0 atom stereocenters. The second-order valence-electron chi connectivity index (χ2n) is 4.89. The SMILES string of the molecule is CCOc1cc(/C=C/C(=O)Nc2ccc(C)cn2)ccc1OC. The lowest BCUT2D eigenvalue weighted by Crippen LogP contribution is -2.08. The van der Waals surface area contributed by atoms with Crippen molar-refractivity contribution < 1.29 is 14.3 Å². The molecule has 2 aromatic rings. The van der Waals surface area contributed by atoms with Gasteiger partial charge >= 0.3 is 0 Å². The summed E-state index contributed by atoms with van der Waals surface area (Å²) >= 11 is 0. The first-order valence-electron chi connectivity index (χ1n) is 7.35. The van der Waals surface area contributed by atoms with E-state index in [2.05, 4.69) is 10.3 Å². The molecule has 1 aromatic heterocycles. The lowest BCUT2D eigenvalue weighted by atomic mass is 10.2. The van der Waals surface area contributed by atoms with Crippen molar-refractivity contribution in [2.75, 3.05) is 19.0 Å². The molecular formula is C18H20N2O3. The number of aryl methyl sites for hydroxylation is 1. The number of anilines is 1. The van der Waals surface area contributed by atoms with Gasteiger partial charge in [0.15, 0.2) is 11.5 Å². The number of ether oxygens (including phenoxy) is 2. The summed E-state index contributed by atoms with van der Waals surface area (Å²) in [4.78, 5) is 16.0. The fourth-order valence-corrected chi connectivity index (χ4v) is 1.95. The number of rotatable bonds is 6. The number of methoxy groups -OCH3 is 1. The maximum Gasteiger partial charge on any atom is 0.249 e. The molecule has 0 fully saturated rings. The predicted octanol–water partition coefficient (Wildman–Crippen LogP) is 3.45. The Hall–Kier alpha value is -2.82. The Morgan fingerprint density at radius 2 is 2.09 bits per heavy atom. The molecule has 120 valence electrons. The van der Waals surface area contributed by atoms with Crippen LogP contribution in [-0.2, 0) is 4.79 Å². The Kier molecular flexibility index (Phi) is 5.74. The quantitative estimate of drug-likeness (QED) is 0.830. The van der Waals surface area contributed by atoms with Crippen LogP contribution in [0.3, 0.4) is 0 Å². The Morgan fingerprint density at radius 3 is 2.74 bits per heavy atom. The third-order valence-corrected chi connectivity index (χ3v) is 3.08. The maximum atomic E-state index is 11.9. The van der Waals surface area contributed by atoms with Crippen LogP contribution in [0.2, 0.25) is 0 Å². The summed E-state index contributed by atoms with van der Waals surface area (Å²) in [5, 5.41) is 2.71. The normalized spacial score (nSPS) is 10.6. The molecule has 0 spiro atoms. The summed E-state index contributed by atoms with van der Waals surface area (Å²) in [6.07, 6.45) is 4.88. The number of hydrogen-bond acceptors (Lipinski definition) is 4. The van der Waals surface area contributed by atoms with E-state index in [1.54, 1.807) is 25.4 Å². The van der Waals surface area contributed by atoms with E-state index in [1.807, 2.05) is 38.1 Å². The molecular weight excluding hydrogens is 292 g/mol. The van der Waals surface area contributed by atoms with Gasteiger partial charge in [-0.05, 0) is 49.2 Å². The zero-order valence-electron chi connectivity index (χ0n) is 13.5. The van der Waals surface area contributed by atoms with Crippen LogP contribution in [0, 0.1) is 6.92 Å². The molecule has 0 unspecified atom stereocenters. The second-order valence-corrected chi connectivity index (χ2v) is 4.89. The van der Waals surface area contributed by atoms with Crippen molar-refractivity contribution in [3.05, 3.63) is 53.7 Å². The van der Waals surface area contributed by atoms with E-state index < -0.39 is 0 Å². The molecule has 0 bridgehead atoms. The molecule has 1 amide bonds. The molecule has 0 aliphatic heterocycles. The zero-order chi connectivity index (χ0) is 16.7. The number of carbonyl (C=O) groups is 1. The number of carbonyl (C=O) groups excluding carboxylic acids is 1. The van der Waals surface area contributed by atoms with Gasteiger partial charge < -0.3 is 14.8 Å². The van der Waals surface area contributed by atoms with Gasteiger partial charge in [-0.2, -0.15) is 0 Å². The van der Waals surface area contributed by atoms with Gasteiger partial charge in [-0.15, -0.1) is 0 Å². The minimum absolute atomic E-state index is 0.241. The minimum Gasteiger partial charge on any atom is -0.493 e. The summed E-state index contributed by atoms with van der Waals surface area (Å²) in [6.45, 7) is 4.39. The third kappa shape index (κ3) is 4.85. The maximum absolute atomic E-state index is 11.9. The second kappa shape index (κ2) is 7.98. The molecule has 1 N–H and O–H groups in total. The summed E-state index contributed by atoms with van der Waals surface area (Å²) < 4.78 is 10.7. The molecule has 2 rings (SSSR count). The zero-order valence-corrected chi connectivity index (χ0v) is 13.5. The van der Waals surface area contributed by atoms with Gasteiger partial charge in [0.2, 0.25) is 5.91 Å². The van der Waals surface area contributed by atoms with Crippen LogP contribution >= 0.6 is 0 Å². The molecule has 0 aliphatic carbocycles. The van der Waals surface area contributed by atoms with E-state index in [-0.39, 0.29) is 5.91 Å². The topological polar surface area (TPSA) is 60.5 Å². The van der Waals surface area contributed by atoms with Gasteiger partial charge in [0, 0.05) is 12.3 Å². The van der Waals surface area contributed by atoms with Crippen LogP contribution in [0.1, 0.15) is 18.1 Å². The van der Waals surface area contributed by atoms with Gasteiger partial charge in [0.1, 0.15) is 5.82 Å². The molecule has 5 nitrogen and oxygen atoms in total. The number of aromatic nitrogens is 1. The van der Waals surface area contributed by atoms with E-state index in [0.717, 1.165) is 11.1 Å². The van der Waals surface area contributed by atoms with Crippen molar-refractivity contribution in [2.45, 2.75) is 13.8 Å². The fraction of sp³-hybridized carbons (Fsp3) is 0.222. The van der Waals surface area contributed by atoms with Gasteiger partial charge in [-0.25, -0.2) is 4.98 Å². The van der Waals surface area contributed by atoms with Gasteiger partial charge in [-0.3, -0.25) is 4.79 Å². The van der Waals surface area contributed by atoms with Crippen LogP contribution in [-0.4, -0.2) is 24.6 Å². The monoisotopic (exact) mass is 312 g/mol. The Balaban J connectivity index is 2.05. The van der Waals surface area contributed by atoms with Crippen LogP contribution < -0.4 is 14.8 Å². The molecule has 1 aromatic carbocycles. The number of pyridine rings is 1. The van der Waals surface area contributed by atoms with Crippen LogP contribution in [0.15, 0.2) is 42.6 Å². The highest BCUT2D eigenvalue weighted by atomic mass is 16.5. The van der Waals surface area contributed by atoms with E-state index in [0.29, 0.717) is 23.9 Å². The Labute approximate surface area is 136 Å². The lowest BCUT2D eigenvalue weighted by Gasteiger charge is -2.09. The van der Waals surface area contributed by atoms with Crippen molar-refractivity contribution in [1.82, 2.24) is 4.98 Å². The highest BCUT2D eigenvalue weighted by molar-refractivity contribution is 6.01. The van der Waals surface area contributed by atoms with Crippen LogP contribution in [0.4, 0.5) is 5.82 Å². The third-order valence-electron chi connectivity index (χ3n) is 3.08. The molecule has 5 heteroatoms. The first kappa shape index (κ1) is 16.5. The van der Waals surface area contributed by atoms with E-state index in [1.165, 1.54) is 6.08 Å². The number of hydrogen-bond donors (Lipinski definition) is 1.